The molecule has 0 aromatic carbocycles. The van der Waals surface area contributed by atoms with Gasteiger partial charge < -0.3 is 10.6 Å². The minimum Gasteiger partial charge on any atom is -0.362 e. The van der Waals surface area contributed by atoms with E-state index < -0.39 is 0 Å². The van der Waals surface area contributed by atoms with Crippen LogP contribution in [0.15, 0.2) is 11.6 Å². The monoisotopic (exact) mass is 162 g/mol. The lowest BCUT2D eigenvalue weighted by molar-refractivity contribution is 0.260. The zero-order valence-corrected chi connectivity index (χ0v) is 6.21. The fourth-order valence-corrected chi connectivity index (χ4v) is 1.33. The number of carbonyl (C=O) groups excluding carboxylic acids is 1. The third kappa shape index (κ3) is 2.19. The molecule has 0 aliphatic carbocycles. The van der Waals surface area contributed by atoms with Gasteiger partial charge >= 0.3 is 0 Å². The second kappa shape index (κ2) is 3.03. The quantitative estimate of drug-likeness (QED) is 0.498. The van der Waals surface area contributed by atoms with E-state index in [0.29, 0.717) is 0 Å². The molecule has 50 valence electrons. The molecule has 0 aromatic heterocycles. The number of rotatable bonds is 1. The molecule has 0 spiro atoms. The minimum absolute atomic E-state index is 0.0324. The van der Waals surface area contributed by atoms with Crippen LogP contribution in [0.25, 0.3) is 0 Å². The Morgan fingerprint density at radius 3 is 3.11 bits per heavy atom. The number of thiol groups is 1. The zero-order chi connectivity index (χ0) is 6.69. The first-order chi connectivity index (χ1) is 4.29. The lowest BCUT2D eigenvalue weighted by Crippen LogP contribution is -2.35. The number of hydrogen-bond acceptors (Lipinski definition) is 3. The van der Waals surface area contributed by atoms with Gasteiger partial charge in [-0.1, -0.05) is 24.4 Å². The van der Waals surface area contributed by atoms with Gasteiger partial charge in [0.2, 0.25) is 0 Å². The van der Waals surface area contributed by atoms with Crippen LogP contribution < -0.4 is 10.6 Å². The van der Waals surface area contributed by atoms with E-state index in [4.69, 9.17) is 0 Å². The van der Waals surface area contributed by atoms with Crippen molar-refractivity contribution in [1.82, 2.24) is 10.6 Å². The summed E-state index contributed by atoms with van der Waals surface area (Å²) in [6, 6.07) is 0. The van der Waals surface area contributed by atoms with Crippen LogP contribution in [-0.2, 0) is 0 Å². The first-order valence-electron chi connectivity index (χ1n) is 2.35. The molecule has 9 heavy (non-hydrogen) atoms. The second-order valence-electron chi connectivity index (χ2n) is 1.44. The van der Waals surface area contributed by atoms with Gasteiger partial charge in [-0.25, -0.2) is 0 Å². The van der Waals surface area contributed by atoms with E-state index in [0.717, 1.165) is 0 Å². The van der Waals surface area contributed by atoms with Gasteiger partial charge in [-0.2, -0.15) is 0 Å². The molecule has 1 heterocycles. The van der Waals surface area contributed by atoms with Crippen LogP contribution >= 0.6 is 24.4 Å². The highest BCUT2D eigenvalue weighted by Gasteiger charge is 2.09. The highest BCUT2D eigenvalue weighted by atomic mass is 32.2. The van der Waals surface area contributed by atoms with E-state index in [1.165, 1.54) is 11.8 Å². The molecule has 1 unspecified atom stereocenters. The molecule has 0 saturated heterocycles. The maximum atomic E-state index is 10.3. The van der Waals surface area contributed by atoms with Crippen molar-refractivity contribution < 1.29 is 4.79 Å². The van der Waals surface area contributed by atoms with Gasteiger partial charge in [0, 0.05) is 6.20 Å². The lowest BCUT2D eigenvalue weighted by Gasteiger charge is -2.08. The van der Waals surface area contributed by atoms with E-state index in [1.807, 2.05) is 5.41 Å². The van der Waals surface area contributed by atoms with Gasteiger partial charge in [-0.15, -0.1) is 0 Å². The molecule has 0 fully saturated rings. The normalized spacial score (nSPS) is 23.4. The van der Waals surface area contributed by atoms with Crippen LogP contribution in [0.5, 0.6) is 0 Å². The Labute approximate surface area is 62.7 Å². The van der Waals surface area contributed by atoms with Gasteiger partial charge in [0.25, 0.3) is 5.24 Å². The summed E-state index contributed by atoms with van der Waals surface area (Å²) >= 11 is 5.04. The number of nitrogens with one attached hydrogen (secondary N) is 2. The first kappa shape index (κ1) is 6.82. The summed E-state index contributed by atoms with van der Waals surface area (Å²) in [5, 5.41) is 7.00. The van der Waals surface area contributed by atoms with Crippen LogP contribution in [0.3, 0.4) is 0 Å². The van der Waals surface area contributed by atoms with Crippen molar-refractivity contribution in [2.45, 2.75) is 5.50 Å². The van der Waals surface area contributed by atoms with Gasteiger partial charge in [-0.3, -0.25) is 4.79 Å². The molecule has 1 amide bonds. The summed E-state index contributed by atoms with van der Waals surface area (Å²) in [4.78, 5) is 10.3. The Bertz CT molecular complexity index is 140. The summed E-state index contributed by atoms with van der Waals surface area (Å²) in [7, 11) is 0. The van der Waals surface area contributed by atoms with Crippen LogP contribution in [0.1, 0.15) is 0 Å². The van der Waals surface area contributed by atoms with Gasteiger partial charge in [-0.05, 0) is 5.41 Å². The lowest BCUT2D eigenvalue weighted by atomic mass is 10.9. The molecule has 0 radical (unpaired) electrons. The fraction of sp³-hybridized carbons (Fsp3) is 0.250. The van der Waals surface area contributed by atoms with Crippen LogP contribution in [0.2, 0.25) is 0 Å². The van der Waals surface area contributed by atoms with E-state index in [-0.39, 0.29) is 10.7 Å². The minimum atomic E-state index is -0.316. The Morgan fingerprint density at radius 2 is 2.67 bits per heavy atom. The largest absolute Gasteiger partial charge is 0.362 e. The Kier molecular flexibility index (Phi) is 2.29. The average Bonchev–Trinajstić information content (AvgIpc) is 2.15. The molecule has 1 rings (SSSR count). The summed E-state index contributed by atoms with van der Waals surface area (Å²) < 4.78 is 0. The predicted molar refractivity (Wildman–Crippen MR) is 41.2 cm³/mol. The molecule has 1 aliphatic heterocycles. The topological polar surface area (TPSA) is 41.1 Å². The van der Waals surface area contributed by atoms with Gasteiger partial charge in [0.15, 0.2) is 5.50 Å². The average molecular weight is 162 g/mol. The maximum absolute atomic E-state index is 10.3. The third-order valence-corrected chi connectivity index (χ3v) is 1.73. The molecular weight excluding hydrogens is 156 g/mol. The predicted octanol–water partition coefficient (Wildman–Crippen LogP) is 0.717. The Hall–Kier alpha value is -0.290. The number of carbonyl (C=O) groups is 1. The highest BCUT2D eigenvalue weighted by molar-refractivity contribution is 8.03. The SMILES string of the molecule is O=C(S)NC1NC=CS1. The molecule has 3 nitrogen and oxygen atoms in total. The number of amides is 1. The summed E-state index contributed by atoms with van der Waals surface area (Å²) in [5.74, 6) is 0. The summed E-state index contributed by atoms with van der Waals surface area (Å²) in [5.41, 5.74) is -0.0324. The molecule has 2 N–H and O–H groups in total. The summed E-state index contributed by atoms with van der Waals surface area (Å²) in [6.07, 6.45) is 1.78. The van der Waals surface area contributed by atoms with Gasteiger partial charge in [0.05, 0.1) is 0 Å². The van der Waals surface area contributed by atoms with Crippen LogP contribution in [-0.4, -0.2) is 10.7 Å². The van der Waals surface area contributed by atoms with Crippen molar-refractivity contribution in [2.75, 3.05) is 0 Å². The summed E-state index contributed by atoms with van der Waals surface area (Å²) in [6.45, 7) is 0. The molecule has 5 heteroatoms. The Balaban J connectivity index is 2.22. The number of hydrogen-bond donors (Lipinski definition) is 3. The molecule has 0 saturated carbocycles. The zero-order valence-electron chi connectivity index (χ0n) is 4.50. The second-order valence-corrected chi connectivity index (χ2v) is 2.86. The number of thioether (sulfide) groups is 1. The highest BCUT2D eigenvalue weighted by Crippen LogP contribution is 2.12. The molecule has 1 aliphatic rings. The van der Waals surface area contributed by atoms with Crippen molar-refractivity contribution in [3.05, 3.63) is 11.6 Å². The molecular formula is C4H6N2OS2. The Morgan fingerprint density at radius 1 is 1.89 bits per heavy atom. The van der Waals surface area contributed by atoms with Crippen molar-refractivity contribution in [1.29, 1.82) is 0 Å². The van der Waals surface area contributed by atoms with Crippen molar-refractivity contribution in [3.63, 3.8) is 0 Å². The molecule has 0 aromatic rings. The van der Waals surface area contributed by atoms with E-state index in [1.54, 1.807) is 6.20 Å². The van der Waals surface area contributed by atoms with Crippen molar-refractivity contribution in [2.24, 2.45) is 0 Å². The fourth-order valence-electron chi connectivity index (χ4n) is 0.472. The first-order valence-corrected chi connectivity index (χ1v) is 3.74. The molecule has 1 atom stereocenters. The van der Waals surface area contributed by atoms with Crippen molar-refractivity contribution >= 4 is 29.6 Å². The maximum Gasteiger partial charge on any atom is 0.278 e. The van der Waals surface area contributed by atoms with Crippen LogP contribution in [0.4, 0.5) is 4.79 Å². The van der Waals surface area contributed by atoms with Crippen molar-refractivity contribution in [3.8, 4) is 0 Å². The van der Waals surface area contributed by atoms with E-state index >= 15 is 0 Å². The standard InChI is InChI=1S/C4H6N2OS2/c7-4(8)6-3-5-1-2-9-3/h1-3,5H,(H2,6,7,8). The molecule has 0 bridgehead atoms. The smallest absolute Gasteiger partial charge is 0.278 e. The van der Waals surface area contributed by atoms with E-state index in [2.05, 4.69) is 23.3 Å². The van der Waals surface area contributed by atoms with Gasteiger partial charge in [0.1, 0.15) is 0 Å². The third-order valence-electron chi connectivity index (χ3n) is 0.785. The van der Waals surface area contributed by atoms with E-state index in [9.17, 15) is 4.79 Å². The van der Waals surface area contributed by atoms with Crippen LogP contribution in [0, 0.1) is 0 Å².